The standard InChI is InChI=1S/C15H20Cl2N4O/c1-19-15(22)20-14(18)21(9-10-5-2-3-6-10)13-11(16)7-4-8-12(13)17/h4,7-8,10H,2-3,5-6,9H2,1H3,(H3,18,19,20,22). The quantitative estimate of drug-likeness (QED) is 0.650. The van der Waals surface area contributed by atoms with Gasteiger partial charge in [0.05, 0.1) is 15.7 Å². The molecule has 0 bridgehead atoms. The molecule has 0 aliphatic heterocycles. The first kappa shape index (κ1) is 16.9. The van der Waals surface area contributed by atoms with E-state index in [1.165, 1.54) is 19.9 Å². The van der Waals surface area contributed by atoms with Crippen molar-refractivity contribution in [1.82, 2.24) is 5.32 Å². The van der Waals surface area contributed by atoms with Crippen LogP contribution in [-0.2, 0) is 0 Å². The molecule has 0 radical (unpaired) electrons. The van der Waals surface area contributed by atoms with E-state index in [1.807, 2.05) is 0 Å². The number of nitrogens with one attached hydrogen (secondary N) is 1. The summed E-state index contributed by atoms with van der Waals surface area (Å²) in [5.41, 5.74) is 6.64. The van der Waals surface area contributed by atoms with Crippen LogP contribution in [0.2, 0.25) is 10.0 Å². The summed E-state index contributed by atoms with van der Waals surface area (Å²) in [7, 11) is 1.50. The predicted molar refractivity (Wildman–Crippen MR) is 91.8 cm³/mol. The third kappa shape index (κ3) is 4.05. The number of anilines is 1. The van der Waals surface area contributed by atoms with Crippen LogP contribution in [0.5, 0.6) is 0 Å². The van der Waals surface area contributed by atoms with Gasteiger partial charge in [-0.15, -0.1) is 0 Å². The molecule has 1 aromatic rings. The van der Waals surface area contributed by atoms with Gasteiger partial charge >= 0.3 is 6.03 Å². The SMILES string of the molecule is CNC(=O)N=C(N)N(CC1CCCC1)c1c(Cl)cccc1Cl. The fourth-order valence-electron chi connectivity index (χ4n) is 2.72. The Kier molecular flexibility index (Phi) is 5.91. The third-order valence-electron chi connectivity index (χ3n) is 3.83. The van der Waals surface area contributed by atoms with E-state index in [2.05, 4.69) is 10.3 Å². The Balaban J connectivity index is 2.36. The second kappa shape index (κ2) is 7.70. The molecular weight excluding hydrogens is 323 g/mol. The van der Waals surface area contributed by atoms with Crippen molar-refractivity contribution in [2.75, 3.05) is 18.5 Å². The molecule has 120 valence electrons. The number of carbonyl (C=O) groups is 1. The van der Waals surface area contributed by atoms with Crippen LogP contribution in [0.25, 0.3) is 0 Å². The molecule has 0 unspecified atom stereocenters. The summed E-state index contributed by atoms with van der Waals surface area (Å²) in [4.78, 5) is 17.1. The number of halogens is 2. The first-order valence-electron chi connectivity index (χ1n) is 7.30. The first-order valence-corrected chi connectivity index (χ1v) is 8.06. The molecule has 1 aromatic carbocycles. The molecule has 1 saturated carbocycles. The molecule has 1 aliphatic rings. The van der Waals surface area contributed by atoms with E-state index in [-0.39, 0.29) is 5.96 Å². The summed E-state index contributed by atoms with van der Waals surface area (Å²) >= 11 is 12.6. The Bertz CT molecular complexity index is 550. The number of hydrogen-bond donors (Lipinski definition) is 2. The minimum absolute atomic E-state index is 0.0984. The molecule has 0 aromatic heterocycles. The number of nitrogens with two attached hydrogens (primary N) is 1. The highest BCUT2D eigenvalue weighted by molar-refractivity contribution is 6.40. The number of urea groups is 1. The van der Waals surface area contributed by atoms with Gasteiger partial charge in [-0.05, 0) is 30.9 Å². The highest BCUT2D eigenvalue weighted by atomic mass is 35.5. The molecule has 22 heavy (non-hydrogen) atoms. The van der Waals surface area contributed by atoms with Gasteiger partial charge in [-0.3, -0.25) is 0 Å². The Morgan fingerprint density at radius 3 is 2.50 bits per heavy atom. The van der Waals surface area contributed by atoms with Crippen LogP contribution >= 0.6 is 23.2 Å². The zero-order valence-electron chi connectivity index (χ0n) is 12.5. The van der Waals surface area contributed by atoms with E-state index >= 15 is 0 Å². The van der Waals surface area contributed by atoms with E-state index in [4.69, 9.17) is 28.9 Å². The number of guanidine groups is 1. The van der Waals surface area contributed by atoms with Crippen LogP contribution in [0.1, 0.15) is 25.7 Å². The van der Waals surface area contributed by atoms with Crippen molar-refractivity contribution in [1.29, 1.82) is 0 Å². The number of nitrogens with zero attached hydrogens (tertiary/aromatic N) is 2. The molecule has 0 saturated heterocycles. The van der Waals surface area contributed by atoms with E-state index in [9.17, 15) is 4.79 Å². The highest BCUT2D eigenvalue weighted by Crippen LogP contribution is 2.35. The van der Waals surface area contributed by atoms with Crippen LogP contribution < -0.4 is 16.0 Å². The maximum absolute atomic E-state index is 11.5. The summed E-state index contributed by atoms with van der Waals surface area (Å²) in [5.74, 6) is 0.590. The van der Waals surface area contributed by atoms with Gasteiger partial charge in [-0.1, -0.05) is 42.1 Å². The fourth-order valence-corrected chi connectivity index (χ4v) is 3.32. The summed E-state index contributed by atoms with van der Waals surface area (Å²) in [6.45, 7) is 0.649. The van der Waals surface area contributed by atoms with E-state index in [0.29, 0.717) is 28.2 Å². The third-order valence-corrected chi connectivity index (χ3v) is 4.44. The average molecular weight is 343 g/mol. The van der Waals surface area contributed by atoms with Crippen LogP contribution in [0.4, 0.5) is 10.5 Å². The van der Waals surface area contributed by atoms with Gasteiger partial charge in [-0.25, -0.2) is 4.79 Å². The molecular formula is C15H20Cl2N4O. The van der Waals surface area contributed by atoms with Gasteiger partial charge in [-0.2, -0.15) is 4.99 Å². The van der Waals surface area contributed by atoms with E-state index in [0.717, 1.165) is 12.8 Å². The molecule has 7 heteroatoms. The van der Waals surface area contributed by atoms with Crippen molar-refractivity contribution in [2.24, 2.45) is 16.6 Å². The Hall–Kier alpha value is -1.46. The Morgan fingerprint density at radius 1 is 1.36 bits per heavy atom. The summed E-state index contributed by atoms with van der Waals surface area (Å²) in [6.07, 6.45) is 4.68. The molecule has 3 N–H and O–H groups in total. The Labute approximate surface area is 140 Å². The molecule has 5 nitrogen and oxygen atoms in total. The number of para-hydroxylation sites is 1. The number of amides is 2. The van der Waals surface area contributed by atoms with Gasteiger partial charge in [0.25, 0.3) is 0 Å². The molecule has 0 heterocycles. The lowest BCUT2D eigenvalue weighted by atomic mass is 10.1. The topological polar surface area (TPSA) is 70.7 Å². The van der Waals surface area contributed by atoms with Crippen molar-refractivity contribution in [3.05, 3.63) is 28.2 Å². The van der Waals surface area contributed by atoms with Gasteiger partial charge < -0.3 is 16.0 Å². The van der Waals surface area contributed by atoms with Gasteiger partial charge in [0.2, 0.25) is 5.96 Å². The first-order chi connectivity index (χ1) is 10.5. The van der Waals surface area contributed by atoms with Crippen LogP contribution in [-0.4, -0.2) is 25.6 Å². The van der Waals surface area contributed by atoms with Crippen molar-refractivity contribution >= 4 is 40.9 Å². The maximum Gasteiger partial charge on any atom is 0.343 e. The number of aliphatic imine (C=N–C) groups is 1. The van der Waals surface area contributed by atoms with Crippen molar-refractivity contribution in [3.63, 3.8) is 0 Å². The number of carbonyl (C=O) groups excluding carboxylic acids is 1. The van der Waals surface area contributed by atoms with E-state index in [1.54, 1.807) is 23.1 Å². The van der Waals surface area contributed by atoms with Crippen LogP contribution in [0.15, 0.2) is 23.2 Å². The molecule has 2 rings (SSSR count). The smallest absolute Gasteiger partial charge is 0.343 e. The molecule has 0 spiro atoms. The second-order valence-corrected chi connectivity index (χ2v) is 6.17. The highest BCUT2D eigenvalue weighted by Gasteiger charge is 2.24. The molecule has 0 atom stereocenters. The van der Waals surface area contributed by atoms with E-state index < -0.39 is 6.03 Å². The lowest BCUT2D eigenvalue weighted by molar-refractivity contribution is 0.251. The number of benzene rings is 1. The monoisotopic (exact) mass is 342 g/mol. The lowest BCUT2D eigenvalue weighted by Crippen LogP contribution is -2.42. The predicted octanol–water partition coefficient (Wildman–Crippen LogP) is 3.64. The van der Waals surface area contributed by atoms with Crippen molar-refractivity contribution in [3.8, 4) is 0 Å². The van der Waals surface area contributed by atoms with Crippen LogP contribution in [0.3, 0.4) is 0 Å². The lowest BCUT2D eigenvalue weighted by Gasteiger charge is -2.28. The van der Waals surface area contributed by atoms with Gasteiger partial charge in [0.1, 0.15) is 0 Å². The maximum atomic E-state index is 11.5. The summed E-state index contributed by atoms with van der Waals surface area (Å²) in [5, 5.41) is 3.40. The molecule has 1 aliphatic carbocycles. The minimum atomic E-state index is -0.503. The second-order valence-electron chi connectivity index (χ2n) is 5.36. The Morgan fingerprint density at radius 2 is 1.95 bits per heavy atom. The number of hydrogen-bond acceptors (Lipinski definition) is 1. The fraction of sp³-hybridized carbons (Fsp3) is 0.467. The average Bonchev–Trinajstić information content (AvgIpc) is 2.98. The largest absolute Gasteiger partial charge is 0.369 e. The molecule has 2 amide bonds. The normalized spacial score (nSPS) is 15.9. The summed E-state index contributed by atoms with van der Waals surface area (Å²) in [6, 6.07) is 4.76. The molecule has 1 fully saturated rings. The summed E-state index contributed by atoms with van der Waals surface area (Å²) < 4.78 is 0. The van der Waals surface area contributed by atoms with Gasteiger partial charge in [0, 0.05) is 13.6 Å². The van der Waals surface area contributed by atoms with Crippen molar-refractivity contribution < 1.29 is 4.79 Å². The van der Waals surface area contributed by atoms with Crippen molar-refractivity contribution in [2.45, 2.75) is 25.7 Å². The number of rotatable bonds is 3. The zero-order chi connectivity index (χ0) is 16.1. The zero-order valence-corrected chi connectivity index (χ0v) is 14.0. The minimum Gasteiger partial charge on any atom is -0.369 e. The van der Waals surface area contributed by atoms with Gasteiger partial charge in [0.15, 0.2) is 0 Å². The van der Waals surface area contributed by atoms with Crippen LogP contribution in [0, 0.1) is 5.92 Å².